The molecule has 0 saturated carbocycles. The zero-order valence-corrected chi connectivity index (χ0v) is 21.9. The Balaban J connectivity index is 1.21. The molecular formula is C25H27N7O3S2. The maximum absolute atomic E-state index is 12.5. The largest absolute Gasteiger partial charge is 0.366 e. The van der Waals surface area contributed by atoms with Crippen molar-refractivity contribution in [2.24, 2.45) is 5.73 Å². The Morgan fingerprint density at radius 1 is 0.919 bits per heavy atom. The molecule has 5 rings (SSSR count). The number of carbonyl (C=O) groups is 3. The Hall–Kier alpha value is -3.77. The highest BCUT2D eigenvalue weighted by Crippen LogP contribution is 2.37. The molecule has 3 amide bonds. The summed E-state index contributed by atoms with van der Waals surface area (Å²) in [5, 5.41) is 10.4. The van der Waals surface area contributed by atoms with Gasteiger partial charge in [0, 0.05) is 29.9 Å². The van der Waals surface area contributed by atoms with Crippen LogP contribution in [0.25, 0.3) is 20.4 Å². The third-order valence-electron chi connectivity index (χ3n) is 6.23. The quantitative estimate of drug-likeness (QED) is 0.268. The smallest absolute Gasteiger partial charge is 0.248 e. The van der Waals surface area contributed by atoms with E-state index in [1.165, 1.54) is 29.1 Å². The van der Waals surface area contributed by atoms with Crippen LogP contribution in [0.3, 0.4) is 0 Å². The van der Waals surface area contributed by atoms with Gasteiger partial charge in [-0.15, -0.1) is 0 Å². The van der Waals surface area contributed by atoms with Crippen LogP contribution in [-0.2, 0) is 9.59 Å². The molecule has 3 heterocycles. The lowest BCUT2D eigenvalue weighted by molar-refractivity contribution is -0.130. The van der Waals surface area contributed by atoms with Crippen LogP contribution in [0.15, 0.2) is 30.3 Å². The molecule has 0 atom stereocenters. The second-order valence-corrected chi connectivity index (χ2v) is 10.9. The predicted molar refractivity (Wildman–Crippen MR) is 149 cm³/mol. The first-order valence-corrected chi connectivity index (χ1v) is 13.7. The molecule has 4 aromatic rings. The van der Waals surface area contributed by atoms with E-state index >= 15 is 0 Å². The van der Waals surface area contributed by atoms with Gasteiger partial charge in [0.05, 0.1) is 33.5 Å². The van der Waals surface area contributed by atoms with Gasteiger partial charge in [-0.05, 0) is 56.5 Å². The summed E-state index contributed by atoms with van der Waals surface area (Å²) in [6.45, 7) is 3.95. The van der Waals surface area contributed by atoms with Crippen LogP contribution < -0.4 is 21.7 Å². The zero-order chi connectivity index (χ0) is 25.9. The molecule has 0 aliphatic carbocycles. The van der Waals surface area contributed by atoms with Crippen molar-refractivity contribution in [3.05, 3.63) is 41.5 Å². The van der Waals surface area contributed by atoms with Crippen LogP contribution in [0.5, 0.6) is 0 Å². The Morgan fingerprint density at radius 3 is 2.11 bits per heavy atom. The van der Waals surface area contributed by atoms with E-state index in [1.807, 2.05) is 11.8 Å². The summed E-state index contributed by atoms with van der Waals surface area (Å²) < 4.78 is 2.01. The van der Waals surface area contributed by atoms with Gasteiger partial charge in [-0.1, -0.05) is 22.7 Å². The highest BCUT2D eigenvalue weighted by molar-refractivity contribution is 7.24. The lowest BCUT2D eigenvalue weighted by atomic mass is 10.1. The molecule has 1 aliphatic rings. The molecule has 0 spiro atoms. The molecule has 37 heavy (non-hydrogen) atoms. The molecule has 2 aromatic heterocycles. The number of thiazole rings is 2. The van der Waals surface area contributed by atoms with Gasteiger partial charge in [-0.3, -0.25) is 14.4 Å². The van der Waals surface area contributed by atoms with Gasteiger partial charge < -0.3 is 26.6 Å². The summed E-state index contributed by atoms with van der Waals surface area (Å²) in [5.41, 5.74) is 8.85. The lowest BCUT2D eigenvalue weighted by Crippen LogP contribution is -2.39. The summed E-state index contributed by atoms with van der Waals surface area (Å²) in [7, 11) is 0. The lowest BCUT2D eigenvalue weighted by Gasteiger charge is -2.26. The number of nitrogens with two attached hydrogens (primary N) is 1. The number of piperidine rings is 1. The minimum Gasteiger partial charge on any atom is -0.366 e. The Kier molecular flexibility index (Phi) is 7.19. The summed E-state index contributed by atoms with van der Waals surface area (Å²) in [4.78, 5) is 47.3. The number of fused-ring (bicyclic) bond motifs is 2. The number of anilines is 3. The van der Waals surface area contributed by atoms with Gasteiger partial charge in [0.15, 0.2) is 10.3 Å². The van der Waals surface area contributed by atoms with Gasteiger partial charge in [0.25, 0.3) is 0 Å². The standard InChI is InChI=1S/C25H27N7O3S2/c1-14-21-17(11-18-22(14)31-25(37-18)28-13-20(34)32-9-3-2-4-10-32)36-24(30-21)27-12-19(33)29-16-7-5-15(6-8-16)23(26)35/h5-8,11H,2-4,9-10,12-13H2,1H3,(H2,26,35)(H,27,30)(H,28,31)(H,29,33). The Morgan fingerprint density at radius 2 is 1.51 bits per heavy atom. The number of aryl methyl sites for hydroxylation is 1. The number of aromatic nitrogens is 2. The third-order valence-corrected chi connectivity index (χ3v) is 8.15. The summed E-state index contributed by atoms with van der Waals surface area (Å²) in [6, 6.07) is 8.44. The summed E-state index contributed by atoms with van der Waals surface area (Å²) >= 11 is 2.99. The number of hydrogen-bond acceptors (Lipinski definition) is 9. The van der Waals surface area contributed by atoms with E-state index in [4.69, 9.17) is 10.7 Å². The number of likely N-dealkylation sites (tertiary alicyclic amines) is 1. The fourth-order valence-corrected chi connectivity index (χ4v) is 6.26. The maximum Gasteiger partial charge on any atom is 0.248 e. The average molecular weight is 538 g/mol. The number of rotatable bonds is 8. The predicted octanol–water partition coefficient (Wildman–Crippen LogP) is 3.79. The summed E-state index contributed by atoms with van der Waals surface area (Å²) in [5.74, 6) is -0.641. The van der Waals surface area contributed by atoms with E-state index < -0.39 is 5.91 Å². The second kappa shape index (κ2) is 10.7. The zero-order valence-electron chi connectivity index (χ0n) is 20.3. The van der Waals surface area contributed by atoms with E-state index in [0.717, 1.165) is 57.1 Å². The normalized spacial score (nSPS) is 13.6. The van der Waals surface area contributed by atoms with Crippen LogP contribution >= 0.6 is 22.7 Å². The van der Waals surface area contributed by atoms with Gasteiger partial charge >= 0.3 is 0 Å². The van der Waals surface area contributed by atoms with Crippen molar-refractivity contribution in [1.29, 1.82) is 0 Å². The van der Waals surface area contributed by atoms with Gasteiger partial charge in [-0.25, -0.2) is 9.97 Å². The topological polar surface area (TPSA) is 142 Å². The van der Waals surface area contributed by atoms with Crippen LogP contribution in [0.2, 0.25) is 0 Å². The first-order chi connectivity index (χ1) is 17.9. The number of hydrogen-bond donors (Lipinski definition) is 4. The van der Waals surface area contributed by atoms with Crippen LogP contribution in [0.4, 0.5) is 16.0 Å². The second-order valence-electron chi connectivity index (χ2n) is 8.87. The molecule has 2 aromatic carbocycles. The number of primary amides is 1. The molecule has 1 fully saturated rings. The molecule has 1 saturated heterocycles. The molecule has 1 aliphatic heterocycles. The van der Waals surface area contributed by atoms with Crippen LogP contribution in [-0.4, -0.2) is 58.8 Å². The molecule has 0 bridgehead atoms. The number of benzene rings is 2. The number of nitrogens with zero attached hydrogens (tertiary/aromatic N) is 3. The van der Waals surface area contributed by atoms with Crippen molar-refractivity contribution in [2.75, 3.05) is 42.1 Å². The SMILES string of the molecule is Cc1c2nc(NCC(=O)Nc3ccc(C(N)=O)cc3)sc2cc2sc(NCC(=O)N3CCCCC3)nc12. The fraction of sp³-hybridized carbons (Fsp3) is 0.320. The minimum atomic E-state index is -0.517. The van der Waals surface area contributed by atoms with E-state index in [9.17, 15) is 14.4 Å². The van der Waals surface area contributed by atoms with E-state index in [1.54, 1.807) is 24.3 Å². The van der Waals surface area contributed by atoms with Crippen molar-refractivity contribution < 1.29 is 14.4 Å². The first-order valence-electron chi connectivity index (χ1n) is 12.0. The van der Waals surface area contributed by atoms with E-state index in [-0.39, 0.29) is 24.9 Å². The third kappa shape index (κ3) is 5.65. The molecule has 192 valence electrons. The van der Waals surface area contributed by atoms with E-state index in [2.05, 4.69) is 27.0 Å². The highest BCUT2D eigenvalue weighted by Gasteiger charge is 2.18. The van der Waals surface area contributed by atoms with Crippen molar-refractivity contribution in [3.63, 3.8) is 0 Å². The van der Waals surface area contributed by atoms with Crippen LogP contribution in [0, 0.1) is 6.92 Å². The molecular weight excluding hydrogens is 510 g/mol. The average Bonchev–Trinajstić information content (AvgIpc) is 3.51. The molecule has 12 heteroatoms. The van der Waals surface area contributed by atoms with Crippen molar-refractivity contribution >= 4 is 76.8 Å². The summed E-state index contributed by atoms with van der Waals surface area (Å²) in [6.07, 6.45) is 3.34. The molecule has 0 unspecified atom stereocenters. The van der Waals surface area contributed by atoms with Crippen molar-refractivity contribution in [3.8, 4) is 0 Å². The van der Waals surface area contributed by atoms with E-state index in [0.29, 0.717) is 16.4 Å². The molecule has 10 nitrogen and oxygen atoms in total. The number of amides is 3. The van der Waals surface area contributed by atoms with Gasteiger partial charge in [0.1, 0.15) is 0 Å². The Bertz CT molecular complexity index is 1470. The molecule has 0 radical (unpaired) electrons. The fourth-order valence-electron chi connectivity index (χ4n) is 4.26. The maximum atomic E-state index is 12.5. The monoisotopic (exact) mass is 537 g/mol. The van der Waals surface area contributed by atoms with Crippen molar-refractivity contribution in [1.82, 2.24) is 14.9 Å². The molecule has 5 N–H and O–H groups in total. The number of carbonyl (C=O) groups excluding carboxylic acids is 3. The number of nitrogens with one attached hydrogen (secondary N) is 3. The minimum absolute atomic E-state index is 0.0438. The Labute approximate surface area is 221 Å². The first kappa shape index (κ1) is 24.9. The van der Waals surface area contributed by atoms with Gasteiger partial charge in [0.2, 0.25) is 17.7 Å². The van der Waals surface area contributed by atoms with Crippen molar-refractivity contribution in [2.45, 2.75) is 26.2 Å². The van der Waals surface area contributed by atoms with Crippen LogP contribution in [0.1, 0.15) is 35.2 Å². The highest BCUT2D eigenvalue weighted by atomic mass is 32.1. The van der Waals surface area contributed by atoms with Gasteiger partial charge in [-0.2, -0.15) is 0 Å².